The van der Waals surface area contributed by atoms with Gasteiger partial charge in [0.1, 0.15) is 0 Å². The fourth-order valence-corrected chi connectivity index (χ4v) is 4.57. The highest BCUT2D eigenvalue weighted by molar-refractivity contribution is 4.87. The van der Waals surface area contributed by atoms with E-state index in [-0.39, 0.29) is 0 Å². The average Bonchev–Trinajstić information content (AvgIpc) is 2.45. The zero-order valence-corrected chi connectivity index (χ0v) is 14.0. The number of nitrogens with zero attached hydrogens (tertiary/aromatic N) is 1. The molecule has 2 fully saturated rings. The Bertz CT molecular complexity index is 264. The second-order valence-electron chi connectivity index (χ2n) is 7.60. The lowest BCUT2D eigenvalue weighted by Crippen LogP contribution is -2.48. The first-order chi connectivity index (χ1) is 9.70. The first-order valence-corrected chi connectivity index (χ1v) is 9.11. The standard InChI is InChI=1S/C18H36N2/c1-15(2)13-16-7-6-9-18(14-16)20-12-5-4-8-17(20)10-11-19-3/h15-19H,4-14H2,1-3H3. The van der Waals surface area contributed by atoms with Crippen molar-refractivity contribution in [1.82, 2.24) is 10.2 Å². The number of likely N-dealkylation sites (tertiary alicyclic amines) is 1. The van der Waals surface area contributed by atoms with Gasteiger partial charge < -0.3 is 5.32 Å². The molecular weight excluding hydrogens is 244 g/mol. The Morgan fingerprint density at radius 1 is 1.10 bits per heavy atom. The van der Waals surface area contributed by atoms with E-state index in [1.807, 2.05) is 0 Å². The molecule has 1 heterocycles. The molecule has 20 heavy (non-hydrogen) atoms. The number of nitrogens with one attached hydrogen (secondary N) is 1. The van der Waals surface area contributed by atoms with Gasteiger partial charge in [-0.15, -0.1) is 0 Å². The summed E-state index contributed by atoms with van der Waals surface area (Å²) in [5.41, 5.74) is 0. The van der Waals surface area contributed by atoms with E-state index in [2.05, 4.69) is 31.1 Å². The number of piperidine rings is 1. The van der Waals surface area contributed by atoms with Gasteiger partial charge in [0.15, 0.2) is 0 Å². The number of hydrogen-bond donors (Lipinski definition) is 1. The maximum Gasteiger partial charge on any atom is 0.0110 e. The van der Waals surface area contributed by atoms with E-state index in [9.17, 15) is 0 Å². The molecule has 0 spiro atoms. The first-order valence-electron chi connectivity index (χ1n) is 9.11. The lowest BCUT2D eigenvalue weighted by atomic mass is 9.79. The molecule has 2 nitrogen and oxygen atoms in total. The highest BCUT2D eigenvalue weighted by Crippen LogP contribution is 2.35. The van der Waals surface area contributed by atoms with Crippen LogP contribution in [0.3, 0.4) is 0 Å². The van der Waals surface area contributed by atoms with E-state index in [4.69, 9.17) is 0 Å². The molecule has 1 N–H and O–H groups in total. The molecule has 0 aromatic carbocycles. The van der Waals surface area contributed by atoms with Crippen molar-refractivity contribution in [3.63, 3.8) is 0 Å². The summed E-state index contributed by atoms with van der Waals surface area (Å²) in [7, 11) is 2.09. The van der Waals surface area contributed by atoms with Gasteiger partial charge in [0.25, 0.3) is 0 Å². The molecule has 2 aliphatic rings. The van der Waals surface area contributed by atoms with Gasteiger partial charge in [0.05, 0.1) is 0 Å². The van der Waals surface area contributed by atoms with Crippen LogP contribution in [-0.2, 0) is 0 Å². The normalized spacial score (nSPS) is 32.7. The van der Waals surface area contributed by atoms with Crippen molar-refractivity contribution in [3.05, 3.63) is 0 Å². The van der Waals surface area contributed by atoms with E-state index in [1.165, 1.54) is 70.9 Å². The molecule has 118 valence electrons. The van der Waals surface area contributed by atoms with Gasteiger partial charge in [-0.1, -0.05) is 33.1 Å². The first kappa shape index (κ1) is 16.3. The van der Waals surface area contributed by atoms with Gasteiger partial charge >= 0.3 is 0 Å². The predicted molar refractivity (Wildman–Crippen MR) is 88.1 cm³/mol. The zero-order chi connectivity index (χ0) is 14.4. The fourth-order valence-electron chi connectivity index (χ4n) is 4.57. The van der Waals surface area contributed by atoms with Gasteiger partial charge in [-0.2, -0.15) is 0 Å². The molecule has 1 saturated carbocycles. The van der Waals surface area contributed by atoms with Crippen LogP contribution >= 0.6 is 0 Å². The monoisotopic (exact) mass is 280 g/mol. The highest BCUT2D eigenvalue weighted by atomic mass is 15.2. The quantitative estimate of drug-likeness (QED) is 0.789. The Morgan fingerprint density at radius 2 is 1.95 bits per heavy atom. The minimum absolute atomic E-state index is 0.860. The van der Waals surface area contributed by atoms with Crippen LogP contribution in [0.25, 0.3) is 0 Å². The van der Waals surface area contributed by atoms with Crippen LogP contribution in [0.2, 0.25) is 0 Å². The second kappa shape index (κ2) is 8.38. The number of rotatable bonds is 6. The van der Waals surface area contributed by atoms with Gasteiger partial charge in [-0.25, -0.2) is 0 Å². The Labute approximate surface area is 126 Å². The van der Waals surface area contributed by atoms with Crippen LogP contribution in [0.5, 0.6) is 0 Å². The SMILES string of the molecule is CNCCC1CCCCN1C1CCCC(CC(C)C)C1. The molecule has 2 heteroatoms. The Morgan fingerprint density at radius 3 is 2.70 bits per heavy atom. The zero-order valence-electron chi connectivity index (χ0n) is 14.0. The van der Waals surface area contributed by atoms with Crippen LogP contribution in [0.15, 0.2) is 0 Å². The van der Waals surface area contributed by atoms with Crippen LogP contribution in [0.1, 0.15) is 71.6 Å². The second-order valence-corrected chi connectivity index (χ2v) is 7.60. The molecule has 3 unspecified atom stereocenters. The highest BCUT2D eigenvalue weighted by Gasteiger charge is 2.32. The molecule has 1 aliphatic heterocycles. The molecular formula is C18H36N2. The summed E-state index contributed by atoms with van der Waals surface area (Å²) < 4.78 is 0. The topological polar surface area (TPSA) is 15.3 Å². The Kier molecular flexibility index (Phi) is 6.83. The summed E-state index contributed by atoms with van der Waals surface area (Å²) in [6.07, 6.45) is 13.0. The van der Waals surface area contributed by atoms with Crippen molar-refractivity contribution in [1.29, 1.82) is 0 Å². The average molecular weight is 280 g/mol. The molecule has 0 bridgehead atoms. The van der Waals surface area contributed by atoms with E-state index in [0.717, 1.165) is 23.9 Å². The van der Waals surface area contributed by atoms with Crippen molar-refractivity contribution in [2.45, 2.75) is 83.7 Å². The molecule has 0 aromatic heterocycles. The molecule has 1 aliphatic carbocycles. The summed E-state index contributed by atoms with van der Waals surface area (Å²) in [5.74, 6) is 1.88. The van der Waals surface area contributed by atoms with E-state index in [1.54, 1.807) is 0 Å². The van der Waals surface area contributed by atoms with Crippen molar-refractivity contribution >= 4 is 0 Å². The van der Waals surface area contributed by atoms with Gasteiger partial charge in [0, 0.05) is 12.1 Å². The molecule has 3 atom stereocenters. The minimum Gasteiger partial charge on any atom is -0.320 e. The Balaban J connectivity index is 1.89. The van der Waals surface area contributed by atoms with Gasteiger partial charge in [-0.05, 0) is 70.5 Å². The van der Waals surface area contributed by atoms with Crippen molar-refractivity contribution in [2.75, 3.05) is 20.1 Å². The number of hydrogen-bond acceptors (Lipinski definition) is 2. The minimum atomic E-state index is 0.860. The Hall–Kier alpha value is -0.0800. The fraction of sp³-hybridized carbons (Fsp3) is 1.00. The van der Waals surface area contributed by atoms with Crippen molar-refractivity contribution < 1.29 is 0 Å². The summed E-state index contributed by atoms with van der Waals surface area (Å²) >= 11 is 0. The van der Waals surface area contributed by atoms with Crippen molar-refractivity contribution in [3.8, 4) is 0 Å². The molecule has 0 amide bonds. The van der Waals surface area contributed by atoms with Crippen LogP contribution < -0.4 is 5.32 Å². The summed E-state index contributed by atoms with van der Waals surface area (Å²) in [4.78, 5) is 2.91. The molecule has 1 saturated heterocycles. The third kappa shape index (κ3) is 4.73. The van der Waals surface area contributed by atoms with Crippen LogP contribution in [-0.4, -0.2) is 37.1 Å². The van der Waals surface area contributed by atoms with Crippen LogP contribution in [0, 0.1) is 11.8 Å². The molecule has 2 rings (SSSR count). The van der Waals surface area contributed by atoms with E-state index < -0.39 is 0 Å². The van der Waals surface area contributed by atoms with Gasteiger partial charge in [0.2, 0.25) is 0 Å². The maximum absolute atomic E-state index is 3.35. The smallest absolute Gasteiger partial charge is 0.0110 e. The van der Waals surface area contributed by atoms with Crippen molar-refractivity contribution in [2.24, 2.45) is 11.8 Å². The third-order valence-electron chi connectivity index (χ3n) is 5.43. The largest absolute Gasteiger partial charge is 0.320 e. The lowest BCUT2D eigenvalue weighted by Gasteiger charge is -2.45. The third-order valence-corrected chi connectivity index (χ3v) is 5.43. The van der Waals surface area contributed by atoms with E-state index >= 15 is 0 Å². The molecule has 0 aromatic rings. The van der Waals surface area contributed by atoms with Gasteiger partial charge in [-0.3, -0.25) is 4.90 Å². The van der Waals surface area contributed by atoms with E-state index in [0.29, 0.717) is 0 Å². The summed E-state index contributed by atoms with van der Waals surface area (Å²) in [6.45, 7) is 7.33. The summed E-state index contributed by atoms with van der Waals surface area (Å²) in [6, 6.07) is 1.76. The molecule has 0 radical (unpaired) electrons. The van der Waals surface area contributed by atoms with Crippen LogP contribution in [0.4, 0.5) is 0 Å². The summed E-state index contributed by atoms with van der Waals surface area (Å²) in [5, 5.41) is 3.35. The predicted octanol–water partition coefficient (Wildman–Crippen LogP) is 4.06. The lowest BCUT2D eigenvalue weighted by molar-refractivity contribution is 0.0513. The maximum atomic E-state index is 3.35.